The predicted octanol–water partition coefficient (Wildman–Crippen LogP) is 5.47. The van der Waals surface area contributed by atoms with E-state index >= 15 is 0 Å². The molecule has 0 spiro atoms. The van der Waals surface area contributed by atoms with Gasteiger partial charge in [0.2, 0.25) is 11.4 Å². The first-order valence-corrected chi connectivity index (χ1v) is 11.6. The Morgan fingerprint density at radius 1 is 1.03 bits per heavy atom. The fraction of sp³-hybridized carbons (Fsp3) is 0.444. The Labute approximate surface area is 195 Å². The van der Waals surface area contributed by atoms with E-state index in [0.29, 0.717) is 24.0 Å². The zero-order chi connectivity index (χ0) is 24.0. The fourth-order valence-corrected chi connectivity index (χ4v) is 3.93. The van der Waals surface area contributed by atoms with Crippen LogP contribution in [-0.4, -0.2) is 24.3 Å². The molecule has 1 heterocycles. The molecule has 1 aliphatic heterocycles. The zero-order valence-corrected chi connectivity index (χ0v) is 19.8. The lowest BCUT2D eigenvalue weighted by Gasteiger charge is -2.32. The van der Waals surface area contributed by atoms with E-state index < -0.39 is 17.5 Å². The first kappa shape index (κ1) is 24.6. The maximum atomic E-state index is 14.0. The quantitative estimate of drug-likeness (QED) is 0.390. The Hall–Kier alpha value is -2.99. The Balaban J connectivity index is 2.21. The average Bonchev–Trinajstić information content (AvgIpc) is 2.91. The Morgan fingerprint density at radius 2 is 1.73 bits per heavy atom. The molecule has 0 amide bonds. The van der Waals surface area contributed by atoms with Gasteiger partial charge >= 0.3 is 11.9 Å². The molecule has 1 aliphatic rings. The van der Waals surface area contributed by atoms with Crippen LogP contribution in [0, 0.1) is 0 Å². The van der Waals surface area contributed by atoms with Crippen LogP contribution in [0.3, 0.4) is 0 Å². The number of hydrogen-bond acceptors (Lipinski definition) is 6. The highest BCUT2D eigenvalue weighted by atomic mass is 16.6. The van der Waals surface area contributed by atoms with Crippen molar-refractivity contribution in [1.82, 2.24) is 0 Å². The highest BCUT2D eigenvalue weighted by molar-refractivity contribution is 6.06. The summed E-state index contributed by atoms with van der Waals surface area (Å²) in [6.45, 7) is 7.85. The summed E-state index contributed by atoms with van der Waals surface area (Å²) in [4.78, 5) is 39.2. The second-order valence-corrected chi connectivity index (χ2v) is 8.66. The molecule has 0 fully saturated rings. The summed E-state index contributed by atoms with van der Waals surface area (Å²) in [5.74, 6) is -0.904. The number of carbonyl (C=O) groups excluding carboxylic acids is 3. The number of carbonyl (C=O) groups is 3. The van der Waals surface area contributed by atoms with Crippen LogP contribution < -0.4 is 4.74 Å². The number of benzene rings is 2. The van der Waals surface area contributed by atoms with Crippen LogP contribution in [0.15, 0.2) is 42.5 Å². The molecule has 1 unspecified atom stereocenters. The third-order valence-corrected chi connectivity index (χ3v) is 5.72. The molecule has 0 saturated carbocycles. The number of rotatable bonds is 8. The van der Waals surface area contributed by atoms with E-state index in [1.165, 1.54) is 0 Å². The molecule has 3 rings (SSSR count). The van der Waals surface area contributed by atoms with E-state index in [1.807, 2.05) is 45.9 Å². The highest BCUT2D eigenvalue weighted by Crippen LogP contribution is 2.41. The second kappa shape index (κ2) is 10.8. The van der Waals surface area contributed by atoms with Gasteiger partial charge in [-0.3, -0.25) is 14.4 Å². The van der Waals surface area contributed by atoms with Crippen molar-refractivity contribution in [3.63, 3.8) is 0 Å². The van der Waals surface area contributed by atoms with E-state index in [0.717, 1.165) is 11.1 Å². The molecule has 0 radical (unpaired) electrons. The topological polar surface area (TPSA) is 78.9 Å². The van der Waals surface area contributed by atoms with Gasteiger partial charge in [-0.25, -0.2) is 0 Å². The summed E-state index contributed by atoms with van der Waals surface area (Å²) in [5, 5.41) is 0. The number of hydrogen-bond donors (Lipinski definition) is 0. The van der Waals surface area contributed by atoms with Gasteiger partial charge in [-0.15, -0.1) is 0 Å². The van der Waals surface area contributed by atoms with Gasteiger partial charge in [0.15, 0.2) is 0 Å². The average molecular weight is 453 g/mol. The van der Waals surface area contributed by atoms with Crippen molar-refractivity contribution in [3.8, 4) is 5.75 Å². The third-order valence-electron chi connectivity index (χ3n) is 5.72. The molecule has 6 nitrogen and oxygen atoms in total. The summed E-state index contributed by atoms with van der Waals surface area (Å²) in [6.07, 6.45) is 1.60. The molecule has 0 N–H and O–H groups in total. The molecule has 0 aromatic heterocycles. The van der Waals surface area contributed by atoms with Gasteiger partial charge in [-0.05, 0) is 36.0 Å². The number of fused-ring (bicyclic) bond motifs is 1. The maximum Gasteiger partial charge on any atom is 0.311 e. The van der Waals surface area contributed by atoms with Gasteiger partial charge < -0.3 is 14.2 Å². The molecule has 33 heavy (non-hydrogen) atoms. The van der Waals surface area contributed by atoms with Crippen LogP contribution in [0.5, 0.6) is 5.75 Å². The van der Waals surface area contributed by atoms with Gasteiger partial charge in [-0.2, -0.15) is 0 Å². The molecule has 2 aromatic carbocycles. The molecule has 0 bridgehead atoms. The van der Waals surface area contributed by atoms with Gasteiger partial charge in [-0.1, -0.05) is 64.1 Å². The van der Waals surface area contributed by atoms with Crippen LogP contribution in [0.4, 0.5) is 0 Å². The maximum absolute atomic E-state index is 14.0. The lowest BCUT2D eigenvalue weighted by molar-refractivity contribution is -0.162. The Kier molecular flexibility index (Phi) is 8.03. The number of Topliss-reactive ketones (excluding diaryl/α,β-unsaturated/α-hetero) is 1. The number of ether oxygens (including phenoxy) is 3. The molecular formula is C27H32O6. The Bertz CT molecular complexity index is 1030. The van der Waals surface area contributed by atoms with Gasteiger partial charge in [0.25, 0.3) is 0 Å². The zero-order valence-electron chi connectivity index (χ0n) is 19.8. The standard InChI is InChI=1S/C27H32O6/c1-5-9-24(28)32-23-15-19(18(3)4)13-14-22(23)27(33-25(29)10-6-2)17-31-16-20-11-7-8-12-21(20)26(27)30/h7-8,11-15,18H,5-6,9-10,16-17H2,1-4H3. The monoisotopic (exact) mass is 452 g/mol. The summed E-state index contributed by atoms with van der Waals surface area (Å²) in [5.41, 5.74) is 0.659. The molecule has 0 aliphatic carbocycles. The van der Waals surface area contributed by atoms with Crippen molar-refractivity contribution in [2.24, 2.45) is 0 Å². The molecular weight excluding hydrogens is 420 g/mol. The second-order valence-electron chi connectivity index (χ2n) is 8.66. The van der Waals surface area contributed by atoms with Crippen LogP contribution in [-0.2, 0) is 31.3 Å². The SMILES string of the molecule is CCCC(=O)Oc1cc(C(C)C)ccc1C1(OC(=O)CCC)COCc2ccccc2C1=O. The molecule has 0 saturated heterocycles. The van der Waals surface area contributed by atoms with Crippen molar-refractivity contribution in [3.05, 3.63) is 64.7 Å². The van der Waals surface area contributed by atoms with Crippen molar-refractivity contribution >= 4 is 17.7 Å². The van der Waals surface area contributed by atoms with Crippen LogP contribution in [0.1, 0.15) is 86.3 Å². The van der Waals surface area contributed by atoms with Crippen molar-refractivity contribution in [2.45, 2.75) is 71.5 Å². The third kappa shape index (κ3) is 5.33. The van der Waals surface area contributed by atoms with Gasteiger partial charge in [0.05, 0.1) is 13.2 Å². The normalized spacial score (nSPS) is 17.9. The molecule has 6 heteroatoms. The highest BCUT2D eigenvalue weighted by Gasteiger charge is 2.49. The summed E-state index contributed by atoms with van der Waals surface area (Å²) in [6, 6.07) is 12.5. The van der Waals surface area contributed by atoms with E-state index in [1.54, 1.807) is 24.3 Å². The summed E-state index contributed by atoms with van der Waals surface area (Å²) < 4.78 is 17.6. The van der Waals surface area contributed by atoms with E-state index in [2.05, 4.69) is 0 Å². The fourth-order valence-electron chi connectivity index (χ4n) is 3.93. The predicted molar refractivity (Wildman–Crippen MR) is 124 cm³/mol. The minimum atomic E-state index is -1.75. The van der Waals surface area contributed by atoms with E-state index in [4.69, 9.17) is 14.2 Å². The number of ketones is 1. The van der Waals surface area contributed by atoms with E-state index in [9.17, 15) is 14.4 Å². The van der Waals surface area contributed by atoms with Crippen molar-refractivity contribution in [2.75, 3.05) is 6.61 Å². The first-order chi connectivity index (χ1) is 15.8. The largest absolute Gasteiger partial charge is 0.443 e. The lowest BCUT2D eigenvalue weighted by atomic mass is 9.83. The van der Waals surface area contributed by atoms with Crippen LogP contribution in [0.2, 0.25) is 0 Å². The Morgan fingerprint density at radius 3 is 2.42 bits per heavy atom. The van der Waals surface area contributed by atoms with Gasteiger partial charge in [0.1, 0.15) is 5.75 Å². The smallest absolute Gasteiger partial charge is 0.311 e. The lowest BCUT2D eigenvalue weighted by Crippen LogP contribution is -2.44. The van der Waals surface area contributed by atoms with E-state index in [-0.39, 0.29) is 43.5 Å². The van der Waals surface area contributed by atoms with Crippen molar-refractivity contribution < 1.29 is 28.6 Å². The molecule has 176 valence electrons. The number of esters is 2. The van der Waals surface area contributed by atoms with Gasteiger partial charge in [0, 0.05) is 24.0 Å². The first-order valence-electron chi connectivity index (χ1n) is 11.6. The minimum Gasteiger partial charge on any atom is -0.443 e. The minimum absolute atomic E-state index is 0.158. The molecule has 2 aromatic rings. The summed E-state index contributed by atoms with van der Waals surface area (Å²) in [7, 11) is 0. The van der Waals surface area contributed by atoms with Crippen molar-refractivity contribution in [1.29, 1.82) is 0 Å². The molecule has 1 atom stereocenters. The van der Waals surface area contributed by atoms with Crippen LogP contribution in [0.25, 0.3) is 0 Å². The van der Waals surface area contributed by atoms with Crippen LogP contribution >= 0.6 is 0 Å². The summed E-state index contributed by atoms with van der Waals surface area (Å²) >= 11 is 0.